The summed E-state index contributed by atoms with van der Waals surface area (Å²) in [4.78, 5) is 36.6. The zero-order valence-electron chi connectivity index (χ0n) is 18.1. The molecule has 0 fully saturated rings. The zero-order valence-corrected chi connectivity index (χ0v) is 18.9. The van der Waals surface area contributed by atoms with Crippen molar-refractivity contribution in [3.05, 3.63) is 72.4 Å². The van der Waals surface area contributed by atoms with Gasteiger partial charge in [-0.1, -0.05) is 0 Å². The number of amides is 1. The van der Waals surface area contributed by atoms with Crippen LogP contribution in [0.25, 0.3) is 11.1 Å². The summed E-state index contributed by atoms with van der Waals surface area (Å²) in [6, 6.07) is 11.7. The number of nitrogens with one attached hydrogen (secondary N) is 2. The lowest BCUT2D eigenvalue weighted by Gasteiger charge is -2.14. The first-order valence-electron chi connectivity index (χ1n) is 9.99. The highest BCUT2D eigenvalue weighted by atomic mass is 32.2. The predicted molar refractivity (Wildman–Crippen MR) is 122 cm³/mol. The lowest BCUT2D eigenvalue weighted by atomic mass is 10.2. The Morgan fingerprint density at radius 3 is 2.56 bits per heavy atom. The number of oxazole rings is 1. The number of rotatable bonds is 7. The van der Waals surface area contributed by atoms with Crippen molar-refractivity contribution in [1.82, 2.24) is 15.0 Å². The van der Waals surface area contributed by atoms with Gasteiger partial charge < -0.3 is 14.5 Å². The number of anilines is 2. The van der Waals surface area contributed by atoms with Gasteiger partial charge in [0.05, 0.1) is 10.5 Å². The molecule has 0 aliphatic heterocycles. The van der Waals surface area contributed by atoms with E-state index in [9.17, 15) is 18.0 Å². The van der Waals surface area contributed by atoms with Crippen LogP contribution in [0, 0.1) is 6.92 Å². The van der Waals surface area contributed by atoms with E-state index in [-0.39, 0.29) is 16.4 Å². The molecule has 1 unspecified atom stereocenters. The largest absolute Gasteiger partial charge is 0.449 e. The van der Waals surface area contributed by atoms with Crippen molar-refractivity contribution in [2.75, 3.05) is 10.0 Å². The van der Waals surface area contributed by atoms with E-state index in [0.717, 1.165) is 0 Å². The van der Waals surface area contributed by atoms with Crippen molar-refractivity contribution in [2.24, 2.45) is 0 Å². The van der Waals surface area contributed by atoms with Crippen molar-refractivity contribution >= 4 is 44.6 Å². The summed E-state index contributed by atoms with van der Waals surface area (Å²) in [5, 5.41) is 2.58. The Hall–Kier alpha value is -4.32. The number of benzene rings is 2. The van der Waals surface area contributed by atoms with Crippen LogP contribution in [-0.2, 0) is 19.6 Å². The fraction of sp³-hybridized carbons (Fsp3) is 0.136. The number of carbonyl (C=O) groups is 2. The Morgan fingerprint density at radius 2 is 1.82 bits per heavy atom. The molecule has 0 saturated heterocycles. The van der Waals surface area contributed by atoms with Gasteiger partial charge in [-0.05, 0) is 62.4 Å². The van der Waals surface area contributed by atoms with Gasteiger partial charge in [-0.15, -0.1) is 0 Å². The Bertz CT molecular complexity index is 1470. The van der Waals surface area contributed by atoms with Crippen molar-refractivity contribution in [3.63, 3.8) is 0 Å². The smallest absolute Gasteiger partial charge is 0.339 e. The van der Waals surface area contributed by atoms with Gasteiger partial charge in [0.2, 0.25) is 5.95 Å². The summed E-state index contributed by atoms with van der Waals surface area (Å²) in [6.45, 7) is 3.13. The fourth-order valence-corrected chi connectivity index (χ4v) is 3.85. The van der Waals surface area contributed by atoms with Gasteiger partial charge >= 0.3 is 5.97 Å². The minimum absolute atomic E-state index is 0.0436. The molecule has 1 amide bonds. The number of ether oxygens (including phenoxy) is 1. The molecule has 11 nitrogen and oxygen atoms in total. The van der Waals surface area contributed by atoms with Crippen LogP contribution in [0.4, 0.5) is 11.6 Å². The van der Waals surface area contributed by atoms with Crippen LogP contribution >= 0.6 is 0 Å². The maximum atomic E-state index is 12.5. The summed E-state index contributed by atoms with van der Waals surface area (Å²) >= 11 is 0. The number of carbonyl (C=O) groups excluding carboxylic acids is 2. The summed E-state index contributed by atoms with van der Waals surface area (Å²) in [5.74, 6) is -1.33. The van der Waals surface area contributed by atoms with E-state index in [1.165, 1.54) is 55.9 Å². The molecule has 34 heavy (non-hydrogen) atoms. The Kier molecular flexibility index (Phi) is 6.23. The van der Waals surface area contributed by atoms with E-state index in [1.807, 2.05) is 0 Å². The van der Waals surface area contributed by atoms with Crippen LogP contribution in [0.5, 0.6) is 0 Å². The normalized spacial score (nSPS) is 12.2. The van der Waals surface area contributed by atoms with Gasteiger partial charge in [-0.2, -0.15) is 0 Å². The number of nitrogens with zero attached hydrogens (tertiary/aromatic N) is 3. The van der Waals surface area contributed by atoms with Crippen LogP contribution in [0.3, 0.4) is 0 Å². The maximum Gasteiger partial charge on any atom is 0.339 e. The van der Waals surface area contributed by atoms with E-state index in [1.54, 1.807) is 19.1 Å². The SMILES string of the molecule is Cc1ccnc(NS(=O)(=O)c2ccc(NC(=O)C(C)OC(=O)c3ccc4ncoc4c3)cc2)n1. The second-order valence-electron chi connectivity index (χ2n) is 7.22. The van der Waals surface area contributed by atoms with Crippen molar-refractivity contribution in [3.8, 4) is 0 Å². The van der Waals surface area contributed by atoms with Gasteiger partial charge in [-0.3, -0.25) is 4.79 Å². The first-order valence-corrected chi connectivity index (χ1v) is 11.5. The molecule has 2 N–H and O–H groups in total. The predicted octanol–water partition coefficient (Wildman–Crippen LogP) is 2.91. The van der Waals surface area contributed by atoms with Gasteiger partial charge in [0.25, 0.3) is 15.9 Å². The molecule has 1 atom stereocenters. The van der Waals surface area contributed by atoms with E-state index < -0.39 is 28.0 Å². The molecule has 0 bridgehead atoms. The molecule has 2 heterocycles. The van der Waals surface area contributed by atoms with E-state index in [0.29, 0.717) is 22.5 Å². The summed E-state index contributed by atoms with van der Waals surface area (Å²) in [6.07, 6.45) is 1.60. The molecule has 0 aliphatic carbocycles. The minimum atomic E-state index is -3.92. The molecular formula is C22H19N5O6S. The summed E-state index contributed by atoms with van der Waals surface area (Å²) in [7, 11) is -3.92. The third-order valence-electron chi connectivity index (χ3n) is 4.67. The molecule has 4 aromatic rings. The third kappa shape index (κ3) is 5.18. The number of sulfonamides is 1. The number of fused-ring (bicyclic) bond motifs is 1. The average Bonchev–Trinajstić information content (AvgIpc) is 3.27. The maximum absolute atomic E-state index is 12.5. The second kappa shape index (κ2) is 9.27. The molecular weight excluding hydrogens is 462 g/mol. The number of aryl methyl sites for hydroxylation is 1. The summed E-state index contributed by atoms with van der Waals surface area (Å²) < 4.78 is 37.7. The van der Waals surface area contributed by atoms with Gasteiger partial charge in [0, 0.05) is 17.6 Å². The molecule has 12 heteroatoms. The first-order chi connectivity index (χ1) is 16.2. The lowest BCUT2D eigenvalue weighted by molar-refractivity contribution is -0.123. The standard InChI is InChI=1S/C22H19N5O6S/c1-13-9-10-23-22(25-13)27-34(30,31)17-6-4-16(5-7-17)26-20(28)14(2)33-21(29)15-3-8-18-19(11-15)32-12-24-18/h3-12,14H,1-2H3,(H,26,28)(H,23,25,27). The zero-order chi connectivity index (χ0) is 24.3. The number of esters is 1. The van der Waals surface area contributed by atoms with Crippen molar-refractivity contribution in [1.29, 1.82) is 0 Å². The molecule has 0 spiro atoms. The molecule has 174 valence electrons. The van der Waals surface area contributed by atoms with Crippen LogP contribution in [0.1, 0.15) is 23.0 Å². The minimum Gasteiger partial charge on any atom is -0.449 e. The first kappa shape index (κ1) is 22.9. The molecule has 0 saturated carbocycles. The Morgan fingerprint density at radius 1 is 1.06 bits per heavy atom. The second-order valence-corrected chi connectivity index (χ2v) is 8.91. The van der Waals surface area contributed by atoms with Gasteiger partial charge in [-0.25, -0.2) is 32.9 Å². The molecule has 0 aliphatic rings. The van der Waals surface area contributed by atoms with Gasteiger partial charge in [0.1, 0.15) is 5.52 Å². The monoisotopic (exact) mass is 481 g/mol. The molecule has 4 rings (SSSR count). The van der Waals surface area contributed by atoms with Crippen LogP contribution < -0.4 is 10.0 Å². The van der Waals surface area contributed by atoms with E-state index in [4.69, 9.17) is 9.15 Å². The number of hydrogen-bond acceptors (Lipinski definition) is 9. The van der Waals surface area contributed by atoms with Crippen molar-refractivity contribution < 1.29 is 27.2 Å². The Labute approximate surface area is 194 Å². The van der Waals surface area contributed by atoms with Crippen LogP contribution in [0.2, 0.25) is 0 Å². The number of aromatic nitrogens is 3. The van der Waals surface area contributed by atoms with Gasteiger partial charge in [0.15, 0.2) is 18.1 Å². The quantitative estimate of drug-likeness (QED) is 0.379. The molecule has 2 aromatic carbocycles. The average molecular weight is 481 g/mol. The topological polar surface area (TPSA) is 153 Å². The lowest BCUT2D eigenvalue weighted by Crippen LogP contribution is -2.30. The molecule has 2 aromatic heterocycles. The van der Waals surface area contributed by atoms with Crippen molar-refractivity contribution in [2.45, 2.75) is 24.8 Å². The highest BCUT2D eigenvalue weighted by Gasteiger charge is 2.21. The van der Waals surface area contributed by atoms with Crippen LogP contribution in [-0.4, -0.2) is 41.4 Å². The highest BCUT2D eigenvalue weighted by molar-refractivity contribution is 7.92. The third-order valence-corrected chi connectivity index (χ3v) is 6.02. The van der Waals surface area contributed by atoms with E-state index >= 15 is 0 Å². The van der Waals surface area contributed by atoms with E-state index in [2.05, 4.69) is 25.0 Å². The Balaban J connectivity index is 1.37. The van der Waals surface area contributed by atoms with Crippen LogP contribution in [0.15, 0.2) is 70.4 Å². The highest BCUT2D eigenvalue weighted by Crippen LogP contribution is 2.18. The fourth-order valence-electron chi connectivity index (χ4n) is 2.90. The molecule has 0 radical (unpaired) electrons. The summed E-state index contributed by atoms with van der Waals surface area (Å²) in [5.41, 5.74) is 2.16. The number of hydrogen-bond donors (Lipinski definition) is 2.